The topological polar surface area (TPSA) is 35.5 Å². The Morgan fingerprint density at radius 3 is 2.38 bits per heavy atom. The lowest BCUT2D eigenvalue weighted by Gasteiger charge is -2.20. The summed E-state index contributed by atoms with van der Waals surface area (Å²) in [5.41, 5.74) is 0.743. The van der Waals surface area contributed by atoms with Gasteiger partial charge in [-0.3, -0.25) is 4.79 Å². The van der Waals surface area contributed by atoms with Crippen LogP contribution in [0.15, 0.2) is 18.2 Å². The molecule has 1 aromatic rings. The van der Waals surface area contributed by atoms with Gasteiger partial charge in [-0.05, 0) is 38.0 Å². The molecule has 0 amide bonds. The van der Waals surface area contributed by atoms with Crippen molar-refractivity contribution in [1.82, 2.24) is 0 Å². The summed E-state index contributed by atoms with van der Waals surface area (Å²) in [4.78, 5) is 12.4. The van der Waals surface area contributed by atoms with E-state index in [0.29, 0.717) is 37.1 Å². The van der Waals surface area contributed by atoms with Crippen LogP contribution < -0.4 is 9.47 Å². The Morgan fingerprint density at radius 2 is 1.71 bits per heavy atom. The van der Waals surface area contributed by atoms with E-state index in [1.807, 2.05) is 32.0 Å². The molecule has 0 bridgehead atoms. The smallest absolute Gasteiger partial charge is 0.163 e. The first-order valence-corrected chi connectivity index (χ1v) is 8.17. The molecule has 3 heteroatoms. The van der Waals surface area contributed by atoms with Crippen LogP contribution in [0.1, 0.15) is 62.7 Å². The molecule has 0 N–H and O–H groups in total. The number of ketones is 1. The second-order valence-electron chi connectivity index (χ2n) is 5.66. The van der Waals surface area contributed by atoms with E-state index >= 15 is 0 Å². The molecule has 0 aliphatic heterocycles. The molecular formula is C18H26O3. The van der Waals surface area contributed by atoms with Crippen molar-refractivity contribution in [3.63, 3.8) is 0 Å². The number of ether oxygens (including phenoxy) is 2. The van der Waals surface area contributed by atoms with Crippen LogP contribution in [0.3, 0.4) is 0 Å². The lowest BCUT2D eigenvalue weighted by atomic mass is 9.85. The third-order valence-electron chi connectivity index (χ3n) is 4.06. The molecule has 0 saturated heterocycles. The van der Waals surface area contributed by atoms with E-state index < -0.39 is 0 Å². The summed E-state index contributed by atoms with van der Waals surface area (Å²) < 4.78 is 11.1. The standard InChI is InChI=1S/C18H26O3/c1-3-20-17-11-10-15(13-18(17)21-4-2)16(19)12-14-8-6-5-7-9-14/h10-11,13-14H,3-9,12H2,1-2H3. The van der Waals surface area contributed by atoms with E-state index in [9.17, 15) is 4.79 Å². The summed E-state index contributed by atoms with van der Waals surface area (Å²) >= 11 is 0. The molecule has 0 aromatic heterocycles. The van der Waals surface area contributed by atoms with Crippen molar-refractivity contribution in [2.45, 2.75) is 52.4 Å². The van der Waals surface area contributed by atoms with E-state index in [0.717, 1.165) is 5.56 Å². The highest BCUT2D eigenvalue weighted by atomic mass is 16.5. The monoisotopic (exact) mass is 290 g/mol. The van der Waals surface area contributed by atoms with Crippen LogP contribution in [-0.2, 0) is 0 Å². The van der Waals surface area contributed by atoms with Gasteiger partial charge in [-0.2, -0.15) is 0 Å². The van der Waals surface area contributed by atoms with E-state index in [-0.39, 0.29) is 5.78 Å². The van der Waals surface area contributed by atoms with Crippen molar-refractivity contribution < 1.29 is 14.3 Å². The third kappa shape index (κ3) is 4.48. The van der Waals surface area contributed by atoms with Crippen LogP contribution >= 0.6 is 0 Å². The van der Waals surface area contributed by atoms with Crippen molar-refractivity contribution in [3.05, 3.63) is 23.8 Å². The van der Waals surface area contributed by atoms with Crippen LogP contribution in [-0.4, -0.2) is 19.0 Å². The quantitative estimate of drug-likeness (QED) is 0.686. The Morgan fingerprint density at radius 1 is 1.05 bits per heavy atom. The van der Waals surface area contributed by atoms with Crippen molar-refractivity contribution in [2.75, 3.05) is 13.2 Å². The fraction of sp³-hybridized carbons (Fsp3) is 0.611. The van der Waals surface area contributed by atoms with Gasteiger partial charge in [0.1, 0.15) is 0 Å². The van der Waals surface area contributed by atoms with Gasteiger partial charge >= 0.3 is 0 Å². The molecule has 1 fully saturated rings. The van der Waals surface area contributed by atoms with Crippen LogP contribution in [0, 0.1) is 5.92 Å². The van der Waals surface area contributed by atoms with Crippen molar-refractivity contribution >= 4 is 5.78 Å². The molecule has 21 heavy (non-hydrogen) atoms. The summed E-state index contributed by atoms with van der Waals surface area (Å²) in [5.74, 6) is 2.18. The van der Waals surface area contributed by atoms with Gasteiger partial charge in [-0.15, -0.1) is 0 Å². The number of hydrogen-bond acceptors (Lipinski definition) is 3. The summed E-state index contributed by atoms with van der Waals surface area (Å²) in [6.07, 6.45) is 6.92. The van der Waals surface area contributed by atoms with Gasteiger partial charge in [0.05, 0.1) is 13.2 Å². The van der Waals surface area contributed by atoms with Gasteiger partial charge in [-0.25, -0.2) is 0 Å². The first-order valence-electron chi connectivity index (χ1n) is 8.17. The molecule has 0 heterocycles. The molecular weight excluding hydrogens is 264 g/mol. The molecule has 1 saturated carbocycles. The lowest BCUT2D eigenvalue weighted by Crippen LogP contribution is -2.12. The molecule has 0 spiro atoms. The van der Waals surface area contributed by atoms with Gasteiger partial charge in [0.2, 0.25) is 0 Å². The predicted molar refractivity (Wildman–Crippen MR) is 84.3 cm³/mol. The molecule has 0 radical (unpaired) electrons. The Labute approximate surface area is 127 Å². The molecule has 1 aliphatic carbocycles. The largest absolute Gasteiger partial charge is 0.490 e. The van der Waals surface area contributed by atoms with Gasteiger partial charge in [0.15, 0.2) is 17.3 Å². The second-order valence-corrected chi connectivity index (χ2v) is 5.66. The molecule has 1 aromatic carbocycles. The van der Waals surface area contributed by atoms with Crippen molar-refractivity contribution in [1.29, 1.82) is 0 Å². The number of carbonyl (C=O) groups is 1. The SMILES string of the molecule is CCOc1ccc(C(=O)CC2CCCCC2)cc1OCC. The van der Waals surface area contributed by atoms with E-state index in [2.05, 4.69) is 0 Å². The third-order valence-corrected chi connectivity index (χ3v) is 4.06. The number of carbonyl (C=O) groups excluding carboxylic acids is 1. The minimum atomic E-state index is 0.228. The Kier molecular flexibility index (Phi) is 6.09. The Balaban J connectivity index is 2.07. The fourth-order valence-electron chi connectivity index (χ4n) is 3.00. The number of benzene rings is 1. The first kappa shape index (κ1) is 15.9. The van der Waals surface area contributed by atoms with Crippen molar-refractivity contribution in [2.24, 2.45) is 5.92 Å². The normalized spacial score (nSPS) is 15.7. The minimum absolute atomic E-state index is 0.228. The maximum absolute atomic E-state index is 12.4. The van der Waals surface area contributed by atoms with E-state index in [1.54, 1.807) is 0 Å². The molecule has 1 aliphatic rings. The highest BCUT2D eigenvalue weighted by Crippen LogP contribution is 2.31. The summed E-state index contributed by atoms with van der Waals surface area (Å²) in [6.45, 7) is 5.04. The lowest BCUT2D eigenvalue weighted by molar-refractivity contribution is 0.0949. The molecule has 0 unspecified atom stereocenters. The summed E-state index contributed by atoms with van der Waals surface area (Å²) in [5, 5.41) is 0. The molecule has 3 nitrogen and oxygen atoms in total. The van der Waals surface area contributed by atoms with Crippen LogP contribution in [0.25, 0.3) is 0 Å². The molecule has 0 atom stereocenters. The molecule has 2 rings (SSSR count). The maximum atomic E-state index is 12.4. The van der Waals surface area contributed by atoms with Gasteiger partial charge in [0.25, 0.3) is 0 Å². The average Bonchev–Trinajstić information content (AvgIpc) is 2.50. The van der Waals surface area contributed by atoms with Crippen LogP contribution in [0.4, 0.5) is 0 Å². The summed E-state index contributed by atoms with van der Waals surface area (Å²) in [7, 11) is 0. The highest BCUT2D eigenvalue weighted by Gasteiger charge is 2.19. The predicted octanol–water partition coefficient (Wildman–Crippen LogP) is 4.64. The zero-order chi connectivity index (χ0) is 15.1. The highest BCUT2D eigenvalue weighted by molar-refractivity contribution is 5.96. The maximum Gasteiger partial charge on any atom is 0.163 e. The Bertz CT molecular complexity index is 462. The van der Waals surface area contributed by atoms with Crippen molar-refractivity contribution in [3.8, 4) is 11.5 Å². The van der Waals surface area contributed by atoms with Crippen LogP contribution in [0.2, 0.25) is 0 Å². The zero-order valence-corrected chi connectivity index (χ0v) is 13.2. The second kappa shape index (κ2) is 8.06. The van der Waals surface area contributed by atoms with Gasteiger partial charge in [0, 0.05) is 12.0 Å². The first-order chi connectivity index (χ1) is 10.2. The summed E-state index contributed by atoms with van der Waals surface area (Å²) in [6, 6.07) is 5.54. The van der Waals surface area contributed by atoms with E-state index in [1.165, 1.54) is 32.1 Å². The minimum Gasteiger partial charge on any atom is -0.490 e. The van der Waals surface area contributed by atoms with Gasteiger partial charge < -0.3 is 9.47 Å². The van der Waals surface area contributed by atoms with Gasteiger partial charge in [-0.1, -0.05) is 32.1 Å². The van der Waals surface area contributed by atoms with Crippen LogP contribution in [0.5, 0.6) is 11.5 Å². The molecule has 116 valence electrons. The fourth-order valence-corrected chi connectivity index (χ4v) is 3.00. The number of Topliss-reactive ketones (excluding diaryl/α,β-unsaturated/α-hetero) is 1. The number of hydrogen-bond donors (Lipinski definition) is 0. The zero-order valence-electron chi connectivity index (χ0n) is 13.2. The average molecular weight is 290 g/mol. The number of rotatable bonds is 7. The van der Waals surface area contributed by atoms with E-state index in [4.69, 9.17) is 9.47 Å². The Hall–Kier alpha value is -1.51.